The summed E-state index contributed by atoms with van der Waals surface area (Å²) < 4.78 is 31.4. The van der Waals surface area contributed by atoms with Crippen LogP contribution in [0, 0.1) is 5.92 Å². The van der Waals surface area contributed by atoms with Gasteiger partial charge < -0.3 is 23.4 Å². The Morgan fingerprint density at radius 1 is 0.854 bits per heavy atom. The highest BCUT2D eigenvalue weighted by atomic mass is 28.4. The van der Waals surface area contributed by atoms with Gasteiger partial charge in [0.15, 0.2) is 6.10 Å². The Bertz CT molecular complexity index is 1200. The predicted molar refractivity (Wildman–Crippen MR) is 164 cm³/mol. The molecule has 0 aliphatic carbocycles. The summed E-state index contributed by atoms with van der Waals surface area (Å²) >= 11 is 0. The Morgan fingerprint density at radius 3 is 1.90 bits per heavy atom. The third-order valence-electron chi connectivity index (χ3n) is 8.12. The van der Waals surface area contributed by atoms with E-state index in [1.165, 1.54) is 17.3 Å². The Morgan fingerprint density at radius 2 is 1.41 bits per heavy atom. The minimum absolute atomic E-state index is 0.00159. The minimum atomic E-state index is -2.82. The van der Waals surface area contributed by atoms with Gasteiger partial charge in [0.1, 0.15) is 18.0 Å². The second kappa shape index (κ2) is 13.3. The predicted octanol–water partition coefficient (Wildman–Crippen LogP) is 5.51. The van der Waals surface area contributed by atoms with E-state index in [1.807, 2.05) is 43.3 Å². The lowest BCUT2D eigenvalue weighted by Gasteiger charge is -2.47. The van der Waals surface area contributed by atoms with Gasteiger partial charge in [0.2, 0.25) is 0 Å². The lowest BCUT2D eigenvalue weighted by Crippen LogP contribution is -2.68. The first kappa shape index (κ1) is 31.0. The first-order chi connectivity index (χ1) is 19.6. The van der Waals surface area contributed by atoms with Crippen LogP contribution < -0.4 is 15.1 Å². The van der Waals surface area contributed by atoms with Gasteiger partial charge in [-0.1, -0.05) is 100 Å². The van der Waals surface area contributed by atoms with Crippen LogP contribution in [0.25, 0.3) is 0 Å². The third kappa shape index (κ3) is 6.92. The topological polar surface area (TPSA) is 63.2 Å². The van der Waals surface area contributed by atoms with Gasteiger partial charge in [-0.15, -0.1) is 0 Å². The van der Waals surface area contributed by atoms with Crippen molar-refractivity contribution in [3.63, 3.8) is 0 Å². The van der Waals surface area contributed by atoms with E-state index in [9.17, 15) is 4.79 Å². The van der Waals surface area contributed by atoms with Crippen LogP contribution in [0.15, 0.2) is 84.9 Å². The molecule has 4 rings (SSSR count). The summed E-state index contributed by atoms with van der Waals surface area (Å²) in [5.41, 5.74) is 1.01. The second-order valence-electron chi connectivity index (χ2n) is 11.9. The molecule has 0 amide bonds. The Balaban J connectivity index is 1.66. The van der Waals surface area contributed by atoms with Crippen LogP contribution in [-0.4, -0.2) is 52.4 Å². The molecule has 1 fully saturated rings. The van der Waals surface area contributed by atoms with Crippen molar-refractivity contribution in [3.8, 4) is 5.75 Å². The molecule has 3 aromatic carbocycles. The number of esters is 1. The van der Waals surface area contributed by atoms with E-state index in [-0.39, 0.29) is 35.7 Å². The molecular weight excluding hydrogens is 532 g/mol. The van der Waals surface area contributed by atoms with Crippen LogP contribution >= 0.6 is 0 Å². The number of carbonyl (C=O) groups is 1. The summed E-state index contributed by atoms with van der Waals surface area (Å²) in [7, 11) is -1.17. The van der Waals surface area contributed by atoms with Crippen molar-refractivity contribution in [2.75, 3.05) is 13.7 Å². The van der Waals surface area contributed by atoms with E-state index in [4.69, 9.17) is 23.4 Å². The smallest absolute Gasteiger partial charge is 0.303 e. The number of ether oxygens (including phenoxy) is 4. The molecule has 6 nitrogen and oxygen atoms in total. The maximum absolute atomic E-state index is 12.4. The van der Waals surface area contributed by atoms with Crippen LogP contribution in [0.4, 0.5) is 0 Å². The Labute approximate surface area is 246 Å². The highest BCUT2D eigenvalue weighted by molar-refractivity contribution is 6.99. The molecule has 1 saturated heterocycles. The summed E-state index contributed by atoms with van der Waals surface area (Å²) in [5, 5.41) is 2.18. The fourth-order valence-corrected chi connectivity index (χ4v) is 10.4. The summed E-state index contributed by atoms with van der Waals surface area (Å²) in [6.45, 7) is 13.0. The van der Waals surface area contributed by atoms with E-state index < -0.39 is 20.5 Å². The van der Waals surface area contributed by atoms with Gasteiger partial charge in [0.05, 0.1) is 26.4 Å². The second-order valence-corrected chi connectivity index (χ2v) is 16.2. The molecule has 3 unspecified atom stereocenters. The molecule has 0 bridgehead atoms. The minimum Gasteiger partial charge on any atom is -0.497 e. The highest BCUT2D eigenvalue weighted by Crippen LogP contribution is 2.38. The van der Waals surface area contributed by atoms with Gasteiger partial charge in [0, 0.05) is 12.8 Å². The van der Waals surface area contributed by atoms with E-state index >= 15 is 0 Å². The average molecular weight is 577 g/mol. The maximum atomic E-state index is 12.4. The summed E-state index contributed by atoms with van der Waals surface area (Å²) in [4.78, 5) is 12.4. The van der Waals surface area contributed by atoms with Crippen molar-refractivity contribution in [1.82, 2.24) is 0 Å². The van der Waals surface area contributed by atoms with Crippen molar-refractivity contribution >= 4 is 24.7 Å². The highest BCUT2D eigenvalue weighted by Gasteiger charge is 2.52. The lowest BCUT2D eigenvalue weighted by atomic mass is 9.88. The van der Waals surface area contributed by atoms with E-state index in [2.05, 4.69) is 76.2 Å². The Hall–Kier alpha value is -2.97. The van der Waals surface area contributed by atoms with Crippen LogP contribution in [0.5, 0.6) is 5.75 Å². The Kier molecular flexibility index (Phi) is 10.1. The van der Waals surface area contributed by atoms with Gasteiger partial charge in [-0.2, -0.15) is 0 Å². The molecule has 3 aromatic rings. The third-order valence-corrected chi connectivity index (χ3v) is 13.1. The quantitative estimate of drug-likeness (QED) is 0.234. The van der Waals surface area contributed by atoms with E-state index in [0.717, 1.165) is 11.3 Å². The molecule has 0 N–H and O–H groups in total. The van der Waals surface area contributed by atoms with Gasteiger partial charge in [0.25, 0.3) is 8.32 Å². The zero-order chi connectivity index (χ0) is 29.6. The number of methoxy groups -OCH3 is 1. The van der Waals surface area contributed by atoms with Crippen molar-refractivity contribution in [1.29, 1.82) is 0 Å². The van der Waals surface area contributed by atoms with E-state index in [0.29, 0.717) is 6.61 Å². The molecular formula is C34H44O6Si. The first-order valence-electron chi connectivity index (χ1n) is 14.4. The average Bonchev–Trinajstić information content (AvgIpc) is 2.96. The largest absolute Gasteiger partial charge is 0.497 e. The molecule has 1 heterocycles. The normalized spacial score (nSPS) is 23.1. The number of benzene rings is 3. The van der Waals surface area contributed by atoms with Gasteiger partial charge in [-0.25, -0.2) is 0 Å². The standard InChI is InChI=1S/C34H44O6Si/c1-24-25(2)39-31(33(40-26(3)35)32(24)37-22-27-18-20-28(36-7)21-19-27)23-38-41(34(4,5)6,29-14-10-8-11-15-29)30-16-12-9-13-17-30/h8-21,24-25,31-33H,22-23H2,1-7H3/t24?,25-,31?,32?,33+/m0/s1. The van der Waals surface area contributed by atoms with Gasteiger partial charge in [-0.05, 0) is 40.0 Å². The van der Waals surface area contributed by atoms with Crippen molar-refractivity contribution < 1.29 is 28.2 Å². The maximum Gasteiger partial charge on any atom is 0.303 e. The van der Waals surface area contributed by atoms with Gasteiger partial charge >= 0.3 is 5.97 Å². The van der Waals surface area contributed by atoms with Crippen molar-refractivity contribution in [3.05, 3.63) is 90.5 Å². The molecule has 41 heavy (non-hydrogen) atoms. The van der Waals surface area contributed by atoms with Crippen LogP contribution in [0.2, 0.25) is 5.04 Å². The molecule has 0 radical (unpaired) electrons. The number of rotatable bonds is 10. The molecule has 220 valence electrons. The molecule has 0 saturated carbocycles. The molecule has 0 aromatic heterocycles. The number of hydrogen-bond acceptors (Lipinski definition) is 6. The number of hydrogen-bond donors (Lipinski definition) is 0. The van der Waals surface area contributed by atoms with Crippen LogP contribution in [0.1, 0.15) is 47.1 Å². The lowest BCUT2D eigenvalue weighted by molar-refractivity contribution is -0.228. The van der Waals surface area contributed by atoms with Crippen LogP contribution in [-0.2, 0) is 30.0 Å². The molecule has 1 aliphatic heterocycles. The summed E-state index contributed by atoms with van der Waals surface area (Å²) in [5.74, 6) is 0.427. The van der Waals surface area contributed by atoms with E-state index in [1.54, 1.807) is 7.11 Å². The number of carbonyl (C=O) groups excluding carboxylic acids is 1. The summed E-state index contributed by atoms with van der Waals surface area (Å²) in [6.07, 6.45) is -1.59. The molecule has 5 atom stereocenters. The SMILES string of the molecule is COc1ccc(COC2C(C)[C@H](C)OC(CO[Si](c3ccccc3)(c3ccccc3)C(C)(C)C)[C@H]2OC(C)=O)cc1. The molecule has 0 spiro atoms. The monoisotopic (exact) mass is 576 g/mol. The molecule has 1 aliphatic rings. The van der Waals surface area contributed by atoms with Crippen LogP contribution in [0.3, 0.4) is 0 Å². The zero-order valence-corrected chi connectivity index (χ0v) is 26.3. The zero-order valence-electron chi connectivity index (χ0n) is 25.3. The van der Waals surface area contributed by atoms with Crippen molar-refractivity contribution in [2.45, 2.75) is 77.6 Å². The fourth-order valence-electron chi connectivity index (χ4n) is 5.85. The molecule has 7 heteroatoms. The first-order valence-corrected chi connectivity index (χ1v) is 16.3. The fraction of sp³-hybridized carbons (Fsp3) is 0.441. The summed E-state index contributed by atoms with van der Waals surface area (Å²) in [6, 6.07) is 28.8. The van der Waals surface area contributed by atoms with Gasteiger partial charge in [-0.3, -0.25) is 4.79 Å². The van der Waals surface area contributed by atoms with Crippen molar-refractivity contribution in [2.24, 2.45) is 5.92 Å².